The van der Waals surface area contributed by atoms with E-state index >= 15 is 0 Å². The summed E-state index contributed by atoms with van der Waals surface area (Å²) in [5.74, 6) is -0.422. The molecule has 0 bridgehead atoms. The van der Waals surface area contributed by atoms with Crippen molar-refractivity contribution in [3.63, 3.8) is 0 Å². The maximum absolute atomic E-state index is 13.0. The van der Waals surface area contributed by atoms with Gasteiger partial charge < -0.3 is 20.1 Å². The largest absolute Gasteiger partial charge is 0.493 e. The lowest BCUT2D eigenvalue weighted by Gasteiger charge is -2.11. The number of benzene rings is 2. The van der Waals surface area contributed by atoms with Crippen LogP contribution in [-0.4, -0.2) is 31.0 Å². The van der Waals surface area contributed by atoms with Gasteiger partial charge in [-0.2, -0.15) is 0 Å². The molecule has 7 nitrogen and oxygen atoms in total. The summed E-state index contributed by atoms with van der Waals surface area (Å²) in [7, 11) is 3.01. The summed E-state index contributed by atoms with van der Waals surface area (Å²) in [6.45, 7) is 0. The van der Waals surface area contributed by atoms with E-state index in [0.717, 1.165) is 0 Å². The minimum absolute atomic E-state index is 0.0503. The van der Waals surface area contributed by atoms with Gasteiger partial charge in [-0.3, -0.25) is 9.59 Å². The van der Waals surface area contributed by atoms with Gasteiger partial charge in [0.15, 0.2) is 11.5 Å². The van der Waals surface area contributed by atoms with E-state index in [1.165, 1.54) is 50.6 Å². The molecule has 1 heterocycles. The highest BCUT2D eigenvalue weighted by Crippen LogP contribution is 2.29. The van der Waals surface area contributed by atoms with Gasteiger partial charge in [0.1, 0.15) is 17.2 Å². The second-order valence-corrected chi connectivity index (χ2v) is 5.89. The second kappa shape index (κ2) is 8.83. The third-order valence-electron chi connectivity index (χ3n) is 3.96. The summed E-state index contributed by atoms with van der Waals surface area (Å²) >= 11 is 0. The van der Waals surface area contributed by atoms with Crippen LogP contribution in [0.25, 0.3) is 0 Å². The van der Waals surface area contributed by atoms with Crippen LogP contribution in [-0.2, 0) is 0 Å². The first kappa shape index (κ1) is 19.8. The molecule has 2 aromatic carbocycles. The number of anilines is 2. The summed E-state index contributed by atoms with van der Waals surface area (Å²) in [5.41, 5.74) is 1.01. The Hall–Kier alpha value is -3.94. The van der Waals surface area contributed by atoms with Gasteiger partial charge >= 0.3 is 0 Å². The molecule has 0 fully saturated rings. The average Bonchev–Trinajstić information content (AvgIpc) is 2.75. The van der Waals surface area contributed by atoms with Gasteiger partial charge in [-0.15, -0.1) is 0 Å². The van der Waals surface area contributed by atoms with E-state index in [9.17, 15) is 14.0 Å². The standard InChI is InChI=1S/C21H18FN3O4/c1-28-18-11-10-15(12-19(18)29-2)24-21(27)17-5-3-4-16(25-17)20(26)23-14-8-6-13(22)7-9-14/h3-12H,1-2H3,(H,23,26)(H,24,27). The van der Waals surface area contributed by atoms with E-state index in [2.05, 4.69) is 15.6 Å². The Bertz CT molecular complexity index is 1040. The number of halogens is 1. The van der Waals surface area contributed by atoms with Crippen LogP contribution in [0.5, 0.6) is 11.5 Å². The fourth-order valence-electron chi connectivity index (χ4n) is 2.53. The third-order valence-corrected chi connectivity index (χ3v) is 3.96. The van der Waals surface area contributed by atoms with Gasteiger partial charge in [0, 0.05) is 17.4 Å². The topological polar surface area (TPSA) is 89.5 Å². The molecule has 0 radical (unpaired) electrons. The Balaban J connectivity index is 1.73. The highest BCUT2D eigenvalue weighted by atomic mass is 19.1. The molecule has 148 valence electrons. The summed E-state index contributed by atoms with van der Waals surface area (Å²) in [6.07, 6.45) is 0. The fourth-order valence-corrected chi connectivity index (χ4v) is 2.53. The lowest BCUT2D eigenvalue weighted by molar-refractivity contribution is 0.101. The number of methoxy groups -OCH3 is 2. The molecule has 0 aliphatic heterocycles. The van der Waals surface area contributed by atoms with E-state index in [-0.39, 0.29) is 11.4 Å². The molecule has 0 saturated heterocycles. The van der Waals surface area contributed by atoms with Crippen molar-refractivity contribution < 1.29 is 23.5 Å². The molecule has 29 heavy (non-hydrogen) atoms. The van der Waals surface area contributed by atoms with Gasteiger partial charge in [-0.25, -0.2) is 9.37 Å². The van der Waals surface area contributed by atoms with Gasteiger partial charge in [0.25, 0.3) is 11.8 Å². The van der Waals surface area contributed by atoms with E-state index in [0.29, 0.717) is 22.9 Å². The molecule has 0 unspecified atom stereocenters. The van der Waals surface area contributed by atoms with Crippen LogP contribution < -0.4 is 20.1 Å². The Morgan fingerprint density at radius 3 is 1.93 bits per heavy atom. The van der Waals surface area contributed by atoms with Gasteiger partial charge in [-0.05, 0) is 48.5 Å². The normalized spacial score (nSPS) is 10.2. The Morgan fingerprint density at radius 1 is 0.793 bits per heavy atom. The zero-order valence-electron chi connectivity index (χ0n) is 15.7. The van der Waals surface area contributed by atoms with Crippen LogP contribution in [0.4, 0.5) is 15.8 Å². The average molecular weight is 395 g/mol. The molecule has 0 aliphatic rings. The molecule has 0 aliphatic carbocycles. The molecule has 3 rings (SSSR count). The Kier molecular flexibility index (Phi) is 6.03. The van der Waals surface area contributed by atoms with Crippen LogP contribution in [0.15, 0.2) is 60.7 Å². The molecule has 2 amide bonds. The molecule has 8 heteroatoms. The van der Waals surface area contributed by atoms with Crippen molar-refractivity contribution in [1.82, 2.24) is 4.98 Å². The monoisotopic (exact) mass is 395 g/mol. The van der Waals surface area contributed by atoms with Crippen molar-refractivity contribution in [3.8, 4) is 11.5 Å². The first-order valence-corrected chi connectivity index (χ1v) is 8.57. The van der Waals surface area contributed by atoms with Crippen LogP contribution in [0, 0.1) is 5.82 Å². The Morgan fingerprint density at radius 2 is 1.34 bits per heavy atom. The minimum atomic E-state index is -0.516. The summed E-state index contributed by atoms with van der Waals surface area (Å²) < 4.78 is 23.3. The molecule has 3 aromatic rings. The number of nitrogens with one attached hydrogen (secondary N) is 2. The fraction of sp³-hybridized carbons (Fsp3) is 0.0952. The lowest BCUT2D eigenvalue weighted by atomic mass is 10.2. The number of hydrogen-bond acceptors (Lipinski definition) is 5. The zero-order valence-corrected chi connectivity index (χ0v) is 15.7. The zero-order chi connectivity index (χ0) is 20.8. The van der Waals surface area contributed by atoms with Crippen molar-refractivity contribution in [3.05, 3.63) is 77.9 Å². The van der Waals surface area contributed by atoms with E-state index in [1.54, 1.807) is 24.3 Å². The molecule has 0 saturated carbocycles. The Labute approximate surface area is 166 Å². The first-order chi connectivity index (χ1) is 14.0. The highest BCUT2D eigenvalue weighted by molar-refractivity contribution is 6.06. The quantitative estimate of drug-likeness (QED) is 0.664. The summed E-state index contributed by atoms with van der Waals surface area (Å²) in [6, 6.07) is 14.8. The SMILES string of the molecule is COc1ccc(NC(=O)c2cccc(C(=O)Nc3ccc(F)cc3)n2)cc1OC. The maximum Gasteiger partial charge on any atom is 0.274 e. The number of nitrogens with zero attached hydrogens (tertiary/aromatic N) is 1. The number of amides is 2. The molecule has 0 spiro atoms. The number of carbonyl (C=O) groups excluding carboxylic acids is 2. The number of ether oxygens (including phenoxy) is 2. The van der Waals surface area contributed by atoms with Crippen molar-refractivity contribution in [2.24, 2.45) is 0 Å². The van der Waals surface area contributed by atoms with Crippen LogP contribution in [0.1, 0.15) is 21.0 Å². The van der Waals surface area contributed by atoms with Crippen LogP contribution >= 0.6 is 0 Å². The predicted molar refractivity (Wildman–Crippen MR) is 106 cm³/mol. The number of carbonyl (C=O) groups is 2. The lowest BCUT2D eigenvalue weighted by Crippen LogP contribution is -2.18. The first-order valence-electron chi connectivity index (χ1n) is 8.57. The van der Waals surface area contributed by atoms with Gasteiger partial charge in [0.2, 0.25) is 0 Å². The second-order valence-electron chi connectivity index (χ2n) is 5.89. The van der Waals surface area contributed by atoms with Gasteiger partial charge in [0.05, 0.1) is 14.2 Å². The maximum atomic E-state index is 13.0. The van der Waals surface area contributed by atoms with Crippen LogP contribution in [0.3, 0.4) is 0 Å². The summed E-state index contributed by atoms with van der Waals surface area (Å²) in [5, 5.41) is 5.29. The number of hydrogen-bond donors (Lipinski definition) is 2. The van der Waals surface area contributed by atoms with Crippen LogP contribution in [0.2, 0.25) is 0 Å². The molecule has 1 aromatic heterocycles. The number of pyridine rings is 1. The highest BCUT2D eigenvalue weighted by Gasteiger charge is 2.14. The molecular weight excluding hydrogens is 377 g/mol. The van der Waals surface area contributed by atoms with E-state index in [4.69, 9.17) is 9.47 Å². The summed E-state index contributed by atoms with van der Waals surface area (Å²) in [4.78, 5) is 29.0. The van der Waals surface area contributed by atoms with Gasteiger partial charge in [-0.1, -0.05) is 6.07 Å². The molecule has 2 N–H and O–H groups in total. The number of aromatic nitrogens is 1. The minimum Gasteiger partial charge on any atom is -0.493 e. The van der Waals surface area contributed by atoms with Crippen molar-refractivity contribution in [2.45, 2.75) is 0 Å². The number of rotatable bonds is 6. The van der Waals surface area contributed by atoms with Crippen molar-refractivity contribution >= 4 is 23.2 Å². The molecular formula is C21H18FN3O4. The molecule has 0 atom stereocenters. The smallest absolute Gasteiger partial charge is 0.274 e. The van der Waals surface area contributed by atoms with Crippen molar-refractivity contribution in [1.29, 1.82) is 0 Å². The van der Waals surface area contributed by atoms with E-state index < -0.39 is 17.6 Å². The third kappa shape index (κ3) is 4.86. The van der Waals surface area contributed by atoms with Crippen molar-refractivity contribution in [2.75, 3.05) is 24.9 Å². The van der Waals surface area contributed by atoms with E-state index in [1.807, 2.05) is 0 Å². The predicted octanol–water partition coefficient (Wildman–Crippen LogP) is 3.74.